The fourth-order valence-corrected chi connectivity index (χ4v) is 1.70. The van der Waals surface area contributed by atoms with E-state index in [1.807, 2.05) is 24.5 Å². The van der Waals surface area contributed by atoms with E-state index in [1.165, 1.54) is 11.9 Å². The first-order valence-corrected chi connectivity index (χ1v) is 5.91. The van der Waals surface area contributed by atoms with E-state index in [1.54, 1.807) is 7.11 Å². The molecule has 1 N–H and O–H groups in total. The maximum Gasteiger partial charge on any atom is 0.118 e. The van der Waals surface area contributed by atoms with Gasteiger partial charge < -0.3 is 10.1 Å². The predicted octanol–water partition coefficient (Wildman–Crippen LogP) is 2.34. The topological polar surface area (TPSA) is 47.0 Å². The zero-order valence-corrected chi connectivity index (χ0v) is 10.6. The molecule has 94 valence electrons. The molecule has 0 amide bonds. The number of nitrogens with zero attached hydrogens (tertiary/aromatic N) is 2. The third kappa shape index (κ3) is 3.28. The van der Waals surface area contributed by atoms with Crippen molar-refractivity contribution in [2.75, 3.05) is 7.11 Å². The van der Waals surface area contributed by atoms with Crippen LogP contribution in [-0.4, -0.2) is 17.1 Å². The Bertz CT molecular complexity index is 470. The zero-order valence-electron chi connectivity index (χ0n) is 10.6. The molecule has 0 aliphatic carbocycles. The fourth-order valence-electron chi connectivity index (χ4n) is 1.70. The van der Waals surface area contributed by atoms with Crippen molar-refractivity contribution < 1.29 is 4.74 Å². The lowest BCUT2D eigenvalue weighted by Gasteiger charge is -2.14. The summed E-state index contributed by atoms with van der Waals surface area (Å²) in [6, 6.07) is 8.35. The monoisotopic (exact) mass is 243 g/mol. The van der Waals surface area contributed by atoms with Gasteiger partial charge in [0.2, 0.25) is 0 Å². The van der Waals surface area contributed by atoms with Crippen molar-refractivity contribution in [3.05, 3.63) is 54.1 Å². The first-order valence-electron chi connectivity index (χ1n) is 5.91. The number of methoxy groups -OCH3 is 1. The van der Waals surface area contributed by atoms with Crippen LogP contribution in [0.5, 0.6) is 5.75 Å². The smallest absolute Gasteiger partial charge is 0.118 e. The molecule has 4 heteroatoms. The lowest BCUT2D eigenvalue weighted by atomic mass is 10.1. The lowest BCUT2D eigenvalue weighted by Crippen LogP contribution is -2.18. The minimum atomic E-state index is 0.274. The number of hydrogen-bond donors (Lipinski definition) is 1. The number of nitrogens with one attached hydrogen (secondary N) is 1. The fraction of sp³-hybridized carbons (Fsp3) is 0.286. The van der Waals surface area contributed by atoms with Gasteiger partial charge in [0.1, 0.15) is 12.1 Å². The second kappa shape index (κ2) is 6.12. The van der Waals surface area contributed by atoms with Gasteiger partial charge in [0.25, 0.3) is 0 Å². The highest BCUT2D eigenvalue weighted by atomic mass is 16.5. The Labute approximate surface area is 107 Å². The minimum absolute atomic E-state index is 0.274. The third-order valence-corrected chi connectivity index (χ3v) is 2.84. The van der Waals surface area contributed by atoms with Crippen molar-refractivity contribution in [3.8, 4) is 5.75 Å². The molecule has 1 unspecified atom stereocenters. The van der Waals surface area contributed by atoms with Gasteiger partial charge in [-0.15, -0.1) is 0 Å². The molecule has 1 atom stereocenters. The van der Waals surface area contributed by atoms with E-state index in [2.05, 4.69) is 34.3 Å². The minimum Gasteiger partial charge on any atom is -0.497 e. The number of hydrogen-bond acceptors (Lipinski definition) is 4. The van der Waals surface area contributed by atoms with Crippen molar-refractivity contribution in [2.24, 2.45) is 0 Å². The molecule has 2 aromatic rings. The van der Waals surface area contributed by atoms with Crippen LogP contribution in [0.3, 0.4) is 0 Å². The summed E-state index contributed by atoms with van der Waals surface area (Å²) < 4.78 is 5.14. The van der Waals surface area contributed by atoms with Gasteiger partial charge in [0.05, 0.1) is 7.11 Å². The molecular weight excluding hydrogens is 226 g/mol. The van der Waals surface area contributed by atoms with Crippen LogP contribution in [0.4, 0.5) is 0 Å². The zero-order chi connectivity index (χ0) is 12.8. The molecule has 1 heterocycles. The van der Waals surface area contributed by atoms with E-state index in [9.17, 15) is 0 Å². The highest BCUT2D eigenvalue weighted by Crippen LogP contribution is 2.17. The maximum atomic E-state index is 5.14. The largest absolute Gasteiger partial charge is 0.497 e. The van der Waals surface area contributed by atoms with Crippen LogP contribution in [0, 0.1) is 0 Å². The van der Waals surface area contributed by atoms with Crippen molar-refractivity contribution in [3.63, 3.8) is 0 Å². The molecule has 0 spiro atoms. The third-order valence-electron chi connectivity index (χ3n) is 2.84. The average Bonchev–Trinajstić information content (AvgIpc) is 2.46. The molecule has 0 radical (unpaired) electrons. The van der Waals surface area contributed by atoms with Crippen molar-refractivity contribution in [1.29, 1.82) is 0 Å². The van der Waals surface area contributed by atoms with Crippen LogP contribution in [-0.2, 0) is 6.54 Å². The van der Waals surface area contributed by atoms with Crippen LogP contribution in [0.25, 0.3) is 0 Å². The van der Waals surface area contributed by atoms with E-state index in [-0.39, 0.29) is 6.04 Å². The summed E-state index contributed by atoms with van der Waals surface area (Å²) in [4.78, 5) is 7.98. The van der Waals surface area contributed by atoms with Crippen molar-refractivity contribution in [2.45, 2.75) is 19.5 Å². The molecule has 4 nitrogen and oxygen atoms in total. The SMILES string of the molecule is COc1ccc(C(C)NCc2cncnc2)cc1. The number of rotatable bonds is 5. The van der Waals surface area contributed by atoms with Crippen LogP contribution in [0.2, 0.25) is 0 Å². The molecule has 0 bridgehead atoms. The van der Waals surface area contributed by atoms with Gasteiger partial charge in [-0.2, -0.15) is 0 Å². The van der Waals surface area contributed by atoms with Crippen molar-refractivity contribution in [1.82, 2.24) is 15.3 Å². The van der Waals surface area contributed by atoms with Gasteiger partial charge in [-0.05, 0) is 24.6 Å². The first kappa shape index (κ1) is 12.5. The number of benzene rings is 1. The summed E-state index contributed by atoms with van der Waals surface area (Å²) in [6.45, 7) is 2.89. The van der Waals surface area contributed by atoms with Crippen molar-refractivity contribution >= 4 is 0 Å². The lowest BCUT2D eigenvalue weighted by molar-refractivity contribution is 0.414. The molecule has 2 rings (SSSR count). The summed E-state index contributed by atoms with van der Waals surface area (Å²) >= 11 is 0. The molecule has 18 heavy (non-hydrogen) atoms. The Morgan fingerprint density at radius 1 is 1.17 bits per heavy atom. The highest BCUT2D eigenvalue weighted by Gasteiger charge is 2.05. The van der Waals surface area contributed by atoms with Crippen LogP contribution in [0.1, 0.15) is 24.1 Å². The molecule has 1 aromatic heterocycles. The Morgan fingerprint density at radius 2 is 1.83 bits per heavy atom. The van der Waals surface area contributed by atoms with Crippen LogP contribution < -0.4 is 10.1 Å². The van der Waals surface area contributed by atoms with Gasteiger partial charge in [-0.25, -0.2) is 9.97 Å². The Hall–Kier alpha value is -1.94. The predicted molar refractivity (Wildman–Crippen MR) is 70.3 cm³/mol. The second-order valence-electron chi connectivity index (χ2n) is 4.12. The summed E-state index contributed by atoms with van der Waals surface area (Å²) in [5, 5.41) is 3.43. The Morgan fingerprint density at radius 3 is 2.44 bits per heavy atom. The summed E-state index contributed by atoms with van der Waals surface area (Å²) in [5.74, 6) is 0.877. The maximum absolute atomic E-state index is 5.14. The van der Waals surface area contributed by atoms with E-state index < -0.39 is 0 Å². The standard InChI is InChI=1S/C14H17N3O/c1-11(13-3-5-14(18-2)6-4-13)17-9-12-7-15-10-16-8-12/h3-8,10-11,17H,9H2,1-2H3. The summed E-state index contributed by atoms with van der Waals surface area (Å²) in [7, 11) is 1.67. The molecule has 0 fully saturated rings. The van der Waals surface area contributed by atoms with Crippen LogP contribution in [0.15, 0.2) is 43.0 Å². The first-order chi connectivity index (χ1) is 8.79. The van der Waals surface area contributed by atoms with Gasteiger partial charge in [-0.1, -0.05) is 12.1 Å². The van der Waals surface area contributed by atoms with Gasteiger partial charge in [0, 0.05) is 30.5 Å². The molecule has 0 aliphatic rings. The highest BCUT2D eigenvalue weighted by molar-refractivity contribution is 5.28. The second-order valence-corrected chi connectivity index (χ2v) is 4.12. The molecular formula is C14H17N3O. The quantitative estimate of drug-likeness (QED) is 0.875. The number of ether oxygens (including phenoxy) is 1. The van der Waals surface area contributed by atoms with Gasteiger partial charge in [0.15, 0.2) is 0 Å². The Kier molecular flexibility index (Phi) is 4.25. The van der Waals surface area contributed by atoms with Gasteiger partial charge >= 0.3 is 0 Å². The molecule has 0 aliphatic heterocycles. The Balaban J connectivity index is 1.93. The molecule has 0 saturated carbocycles. The number of aromatic nitrogens is 2. The molecule has 1 aromatic carbocycles. The van der Waals surface area contributed by atoms with Gasteiger partial charge in [-0.3, -0.25) is 0 Å². The van der Waals surface area contributed by atoms with E-state index >= 15 is 0 Å². The van der Waals surface area contributed by atoms with E-state index in [0.29, 0.717) is 0 Å². The van der Waals surface area contributed by atoms with E-state index in [0.717, 1.165) is 17.9 Å². The van der Waals surface area contributed by atoms with E-state index in [4.69, 9.17) is 4.74 Å². The average molecular weight is 243 g/mol. The normalized spacial score (nSPS) is 12.1. The van der Waals surface area contributed by atoms with Crippen LogP contribution >= 0.6 is 0 Å². The summed E-state index contributed by atoms with van der Waals surface area (Å²) in [5.41, 5.74) is 2.31. The molecule has 0 saturated heterocycles. The summed E-state index contributed by atoms with van der Waals surface area (Å²) in [6.07, 6.45) is 5.18.